The van der Waals surface area contributed by atoms with E-state index in [1.807, 2.05) is 0 Å². The van der Waals surface area contributed by atoms with E-state index in [4.69, 9.17) is 19.0 Å². The zero-order valence-electron chi connectivity index (χ0n) is 20.4. The second-order valence-electron chi connectivity index (χ2n) is 8.25. The van der Waals surface area contributed by atoms with Gasteiger partial charge >= 0.3 is 12.2 Å². The standard InChI is InChI=1S/C24H28N2O10S/c1-16(36-24(29)34-15-19-12-8-5-9-13-19)20-21(26(22(20)27)37(30,31)32)17(2)35-23(28)25(33-3)14-18-10-6-4-7-11-18/h4-13,16-17,20-21H,14-15H2,1-3H3,(H,30,31,32)/p-1/t16-,17+,20-,21-/m1/s1. The second kappa shape index (κ2) is 12.0. The lowest BCUT2D eigenvalue weighted by molar-refractivity contribution is -0.166. The molecule has 3 rings (SSSR count). The van der Waals surface area contributed by atoms with E-state index in [0.29, 0.717) is 5.56 Å². The van der Waals surface area contributed by atoms with Crippen LogP contribution >= 0.6 is 0 Å². The lowest BCUT2D eigenvalue weighted by Crippen LogP contribution is -2.70. The van der Waals surface area contributed by atoms with Crippen molar-refractivity contribution < 1.29 is 46.4 Å². The Balaban J connectivity index is 1.67. The highest BCUT2D eigenvalue weighted by Gasteiger charge is 2.57. The molecule has 0 saturated carbocycles. The molecule has 2 aromatic carbocycles. The van der Waals surface area contributed by atoms with Crippen LogP contribution in [0, 0.1) is 5.92 Å². The fourth-order valence-electron chi connectivity index (χ4n) is 3.94. The first kappa shape index (κ1) is 27.9. The lowest BCUT2D eigenvalue weighted by Gasteiger charge is -2.50. The summed E-state index contributed by atoms with van der Waals surface area (Å²) in [5.74, 6) is -2.36. The molecular formula is C24H27N2O10S-. The van der Waals surface area contributed by atoms with Gasteiger partial charge in [0.25, 0.3) is 0 Å². The number of rotatable bonds is 10. The van der Waals surface area contributed by atoms with Crippen molar-refractivity contribution in [2.75, 3.05) is 7.11 Å². The van der Waals surface area contributed by atoms with E-state index < -0.39 is 52.6 Å². The number of hydrogen-bond acceptors (Lipinski definition) is 10. The number of carbonyl (C=O) groups is 3. The van der Waals surface area contributed by atoms with Crippen LogP contribution in [0.2, 0.25) is 0 Å². The number of amides is 2. The number of ether oxygens (including phenoxy) is 3. The Morgan fingerprint density at radius 3 is 2.08 bits per heavy atom. The molecule has 200 valence electrons. The summed E-state index contributed by atoms with van der Waals surface area (Å²) in [5, 5.41) is 0.887. The van der Waals surface area contributed by atoms with Crippen LogP contribution in [-0.4, -0.2) is 65.9 Å². The van der Waals surface area contributed by atoms with Crippen molar-refractivity contribution in [1.29, 1.82) is 0 Å². The van der Waals surface area contributed by atoms with Gasteiger partial charge in [-0.05, 0) is 25.0 Å². The third-order valence-corrected chi connectivity index (χ3v) is 6.64. The van der Waals surface area contributed by atoms with Crippen molar-refractivity contribution in [2.24, 2.45) is 5.92 Å². The van der Waals surface area contributed by atoms with Crippen LogP contribution in [0.3, 0.4) is 0 Å². The van der Waals surface area contributed by atoms with Gasteiger partial charge in [-0.3, -0.25) is 9.63 Å². The van der Waals surface area contributed by atoms with Crippen LogP contribution in [0.25, 0.3) is 0 Å². The molecule has 1 aliphatic heterocycles. The van der Waals surface area contributed by atoms with Gasteiger partial charge in [-0.1, -0.05) is 60.7 Å². The Hall–Kier alpha value is -3.68. The SMILES string of the molecule is CON(Cc1ccccc1)C(=O)O[C@@H](C)[C@@H]1[C@@H]([C@@H](C)OC(=O)OCc2ccccc2)C(=O)N1S(=O)(=O)[O-]. The van der Waals surface area contributed by atoms with Gasteiger partial charge in [0.15, 0.2) is 10.3 Å². The van der Waals surface area contributed by atoms with Crippen LogP contribution in [-0.2, 0) is 47.3 Å². The Morgan fingerprint density at radius 2 is 1.54 bits per heavy atom. The summed E-state index contributed by atoms with van der Waals surface area (Å²) in [6.07, 6.45) is -4.54. The molecule has 0 radical (unpaired) electrons. The molecule has 0 unspecified atom stereocenters. The molecule has 1 saturated heterocycles. The Labute approximate surface area is 214 Å². The summed E-state index contributed by atoms with van der Waals surface area (Å²) in [5.41, 5.74) is 1.43. The fraction of sp³-hybridized carbons (Fsp3) is 0.375. The van der Waals surface area contributed by atoms with Gasteiger partial charge in [0.05, 0.1) is 19.7 Å². The van der Waals surface area contributed by atoms with E-state index in [-0.39, 0.29) is 17.5 Å². The first-order valence-corrected chi connectivity index (χ1v) is 12.6. The fourth-order valence-corrected chi connectivity index (χ4v) is 4.88. The first-order valence-electron chi connectivity index (χ1n) is 11.3. The highest BCUT2D eigenvalue weighted by molar-refractivity contribution is 7.84. The molecule has 0 N–H and O–H groups in total. The minimum atomic E-state index is -5.23. The molecule has 1 aliphatic rings. The lowest BCUT2D eigenvalue weighted by atomic mass is 9.83. The number of hydrogen-bond donors (Lipinski definition) is 0. The second-order valence-corrected chi connectivity index (χ2v) is 9.50. The Kier molecular flexibility index (Phi) is 9.08. The van der Waals surface area contributed by atoms with E-state index in [2.05, 4.69) is 0 Å². The number of benzene rings is 2. The Morgan fingerprint density at radius 1 is 0.973 bits per heavy atom. The highest BCUT2D eigenvalue weighted by atomic mass is 32.2. The van der Waals surface area contributed by atoms with Gasteiger partial charge in [0, 0.05) is 0 Å². The predicted octanol–water partition coefficient (Wildman–Crippen LogP) is 2.60. The predicted molar refractivity (Wildman–Crippen MR) is 126 cm³/mol. The van der Waals surface area contributed by atoms with E-state index in [1.54, 1.807) is 60.7 Å². The molecule has 0 spiro atoms. The maximum atomic E-state index is 12.7. The molecule has 1 fully saturated rings. The molecule has 0 bridgehead atoms. The monoisotopic (exact) mass is 535 g/mol. The number of hydroxylamine groups is 2. The van der Waals surface area contributed by atoms with Gasteiger partial charge in [0.1, 0.15) is 24.7 Å². The van der Waals surface area contributed by atoms with Crippen LogP contribution in [0.4, 0.5) is 9.59 Å². The summed E-state index contributed by atoms with van der Waals surface area (Å²) in [6.45, 7) is 2.60. The summed E-state index contributed by atoms with van der Waals surface area (Å²) in [6, 6.07) is 16.2. The van der Waals surface area contributed by atoms with Gasteiger partial charge < -0.3 is 18.8 Å². The van der Waals surface area contributed by atoms with Crippen molar-refractivity contribution in [1.82, 2.24) is 9.37 Å². The zero-order chi connectivity index (χ0) is 27.2. The van der Waals surface area contributed by atoms with Crippen LogP contribution < -0.4 is 0 Å². The summed E-state index contributed by atoms with van der Waals surface area (Å²) < 4.78 is 50.9. The van der Waals surface area contributed by atoms with Gasteiger partial charge in [-0.2, -0.15) is 5.06 Å². The quantitative estimate of drug-likeness (QED) is 0.192. The normalized spacial score (nSPS) is 18.8. The summed E-state index contributed by atoms with van der Waals surface area (Å²) >= 11 is 0. The smallest absolute Gasteiger partial charge is 0.508 e. The van der Waals surface area contributed by atoms with Crippen molar-refractivity contribution in [3.8, 4) is 0 Å². The van der Waals surface area contributed by atoms with Crippen molar-refractivity contribution >= 4 is 28.5 Å². The number of nitrogens with zero attached hydrogens (tertiary/aromatic N) is 2. The van der Waals surface area contributed by atoms with Gasteiger partial charge in [0.2, 0.25) is 5.91 Å². The highest BCUT2D eigenvalue weighted by Crippen LogP contribution is 2.36. The largest absolute Gasteiger partial charge is 0.731 e. The minimum Gasteiger partial charge on any atom is -0.731 e. The first-order chi connectivity index (χ1) is 17.5. The van der Waals surface area contributed by atoms with E-state index in [0.717, 1.165) is 10.6 Å². The number of β-lactam (4-membered cyclic amide) rings is 1. The van der Waals surface area contributed by atoms with Crippen molar-refractivity contribution in [2.45, 2.75) is 45.2 Å². The zero-order valence-corrected chi connectivity index (χ0v) is 21.2. The maximum absolute atomic E-state index is 12.7. The average molecular weight is 536 g/mol. The van der Waals surface area contributed by atoms with Crippen molar-refractivity contribution in [3.63, 3.8) is 0 Å². The van der Waals surface area contributed by atoms with Gasteiger partial charge in [-0.15, -0.1) is 0 Å². The molecule has 4 atom stereocenters. The Bertz CT molecular complexity index is 1190. The summed E-state index contributed by atoms with van der Waals surface area (Å²) in [7, 11) is -3.99. The van der Waals surface area contributed by atoms with Crippen LogP contribution in [0.15, 0.2) is 60.7 Å². The molecule has 0 aliphatic carbocycles. The average Bonchev–Trinajstić information content (AvgIpc) is 2.84. The van der Waals surface area contributed by atoms with Gasteiger partial charge in [-0.25, -0.2) is 22.3 Å². The molecular weight excluding hydrogens is 508 g/mol. The maximum Gasteiger partial charge on any atom is 0.508 e. The molecule has 1 heterocycles. The van der Waals surface area contributed by atoms with Crippen LogP contribution in [0.1, 0.15) is 25.0 Å². The van der Waals surface area contributed by atoms with Crippen molar-refractivity contribution in [3.05, 3.63) is 71.8 Å². The van der Waals surface area contributed by atoms with Crippen LogP contribution in [0.5, 0.6) is 0 Å². The summed E-state index contributed by atoms with van der Waals surface area (Å²) in [4.78, 5) is 42.5. The van der Waals surface area contributed by atoms with E-state index in [9.17, 15) is 27.4 Å². The molecule has 13 heteroatoms. The molecule has 2 amide bonds. The molecule has 12 nitrogen and oxygen atoms in total. The third kappa shape index (κ3) is 6.96. The molecule has 37 heavy (non-hydrogen) atoms. The van der Waals surface area contributed by atoms with E-state index in [1.165, 1.54) is 21.0 Å². The topological polar surface area (TPSA) is 152 Å². The minimum absolute atomic E-state index is 0.0201. The molecule has 2 aromatic rings. The third-order valence-electron chi connectivity index (χ3n) is 5.73. The molecule has 0 aromatic heterocycles. The van der Waals surface area contributed by atoms with E-state index >= 15 is 0 Å². The number of carbonyl (C=O) groups excluding carboxylic acids is 3.